The first-order chi connectivity index (χ1) is 26.7. The van der Waals surface area contributed by atoms with E-state index in [1.54, 1.807) is 0 Å². The molecule has 0 amide bonds. The first-order valence-electron chi connectivity index (χ1n) is 19.5. The fraction of sp³-hybridized carbons (Fsp3) is 0.229. The predicted molar refractivity (Wildman–Crippen MR) is 218 cm³/mol. The molecule has 4 aromatic heterocycles. The highest BCUT2D eigenvalue weighted by molar-refractivity contribution is 7.25. The van der Waals surface area contributed by atoms with Crippen molar-refractivity contribution in [1.29, 1.82) is 0 Å². The lowest BCUT2D eigenvalue weighted by Crippen LogP contribution is -2.51. The molecule has 4 aliphatic carbocycles. The predicted octanol–water partition coefficient (Wildman–Crippen LogP) is 12.0. The number of aromatic nitrogens is 5. The van der Waals surface area contributed by atoms with Crippen molar-refractivity contribution in [1.82, 2.24) is 24.9 Å². The Morgan fingerprint density at radius 1 is 0.593 bits per heavy atom. The van der Waals surface area contributed by atoms with Crippen LogP contribution in [0.2, 0.25) is 0 Å². The van der Waals surface area contributed by atoms with Crippen molar-refractivity contribution in [2.45, 2.75) is 50.4 Å². The third-order valence-electron chi connectivity index (χ3n) is 13.5. The molecule has 4 aliphatic rings. The second-order valence-corrected chi connectivity index (χ2v) is 17.1. The van der Waals surface area contributed by atoms with Crippen molar-refractivity contribution in [3.8, 4) is 56.8 Å². The van der Waals surface area contributed by atoms with Crippen LogP contribution in [0, 0.1) is 17.3 Å². The van der Waals surface area contributed by atoms with Gasteiger partial charge in [-0.3, -0.25) is 4.98 Å². The van der Waals surface area contributed by atoms with Gasteiger partial charge in [-0.15, -0.1) is 11.3 Å². The molecule has 0 radical (unpaired) electrons. The number of thiophene rings is 1. The van der Waals surface area contributed by atoms with Crippen LogP contribution in [0.3, 0.4) is 0 Å². The van der Waals surface area contributed by atoms with Gasteiger partial charge in [0.1, 0.15) is 0 Å². The van der Waals surface area contributed by atoms with Gasteiger partial charge in [0.25, 0.3) is 0 Å². The first kappa shape index (κ1) is 30.8. The van der Waals surface area contributed by atoms with Crippen molar-refractivity contribution < 1.29 is 0 Å². The van der Waals surface area contributed by atoms with Crippen LogP contribution < -0.4 is 0 Å². The van der Waals surface area contributed by atoms with Gasteiger partial charge in [-0.25, -0.2) is 19.9 Å². The lowest BCUT2D eigenvalue weighted by molar-refractivity contribution is 0.0171. The summed E-state index contributed by atoms with van der Waals surface area (Å²) in [6.45, 7) is 0. The fourth-order valence-corrected chi connectivity index (χ4v) is 12.7. The molecule has 4 aromatic carbocycles. The van der Waals surface area contributed by atoms with E-state index in [-0.39, 0.29) is 5.41 Å². The topological polar surface area (TPSA) is 64.5 Å². The van der Waals surface area contributed by atoms with Crippen molar-refractivity contribution >= 4 is 31.5 Å². The second-order valence-electron chi connectivity index (χ2n) is 16.0. The summed E-state index contributed by atoms with van der Waals surface area (Å²) in [5, 5.41) is 2.41. The van der Waals surface area contributed by atoms with Crippen molar-refractivity contribution in [2.75, 3.05) is 0 Å². The molecule has 3 fully saturated rings. The summed E-state index contributed by atoms with van der Waals surface area (Å²) in [5.41, 5.74) is 10.4. The Bertz CT molecular complexity index is 2810. The summed E-state index contributed by atoms with van der Waals surface area (Å²) in [7, 11) is 0. The lowest BCUT2D eigenvalue weighted by Gasteiger charge is -2.56. The van der Waals surface area contributed by atoms with Gasteiger partial charge in [0.15, 0.2) is 17.5 Å². The Morgan fingerprint density at radius 3 is 2.31 bits per heavy atom. The zero-order valence-corrected chi connectivity index (χ0v) is 30.7. The molecule has 0 saturated heterocycles. The molecule has 8 aromatic rings. The van der Waals surface area contributed by atoms with Gasteiger partial charge < -0.3 is 0 Å². The van der Waals surface area contributed by atoms with Crippen LogP contribution in [-0.4, -0.2) is 24.9 Å². The number of pyridine rings is 2. The van der Waals surface area contributed by atoms with Gasteiger partial charge in [0, 0.05) is 54.0 Å². The zero-order valence-electron chi connectivity index (χ0n) is 29.9. The Balaban J connectivity index is 1.00. The van der Waals surface area contributed by atoms with Crippen molar-refractivity contribution in [3.05, 3.63) is 139 Å². The van der Waals surface area contributed by atoms with Crippen LogP contribution in [0.4, 0.5) is 0 Å². The minimum atomic E-state index is 0.0436. The largest absolute Gasteiger partial charge is 0.254 e. The smallest absolute Gasteiger partial charge is 0.164 e. The van der Waals surface area contributed by atoms with E-state index >= 15 is 0 Å². The van der Waals surface area contributed by atoms with Crippen LogP contribution in [0.25, 0.3) is 77.0 Å². The van der Waals surface area contributed by atoms with Crippen LogP contribution in [0.1, 0.15) is 56.1 Å². The zero-order chi connectivity index (χ0) is 35.4. The van der Waals surface area contributed by atoms with E-state index in [4.69, 9.17) is 24.9 Å². The van der Waals surface area contributed by atoms with Gasteiger partial charge >= 0.3 is 0 Å². The molecule has 12 rings (SSSR count). The maximum Gasteiger partial charge on any atom is 0.164 e. The fourth-order valence-electron chi connectivity index (χ4n) is 11.6. The van der Waals surface area contributed by atoms with Crippen LogP contribution >= 0.6 is 11.3 Å². The molecule has 2 spiro atoms. The third-order valence-corrected chi connectivity index (χ3v) is 14.6. The molecule has 0 N–H and O–H groups in total. The normalized spacial score (nSPS) is 23.6. The number of hydrogen-bond donors (Lipinski definition) is 0. The van der Waals surface area contributed by atoms with E-state index in [9.17, 15) is 0 Å². The lowest BCUT2D eigenvalue weighted by atomic mass is 9.47. The number of hydrogen-bond acceptors (Lipinski definition) is 6. The third kappa shape index (κ3) is 4.23. The molecule has 6 heteroatoms. The molecule has 260 valence electrons. The maximum atomic E-state index is 5.52. The highest BCUT2D eigenvalue weighted by Gasteiger charge is 2.68. The van der Waals surface area contributed by atoms with Gasteiger partial charge in [-0.2, -0.15) is 0 Å². The van der Waals surface area contributed by atoms with Gasteiger partial charge in [-0.1, -0.05) is 104 Å². The number of benzene rings is 4. The quantitative estimate of drug-likeness (QED) is 0.181. The van der Waals surface area contributed by atoms with E-state index < -0.39 is 0 Å². The maximum absolute atomic E-state index is 5.52. The monoisotopic (exact) mass is 715 g/mol. The molecule has 4 atom stereocenters. The Kier molecular flexibility index (Phi) is 6.54. The Morgan fingerprint density at radius 2 is 1.37 bits per heavy atom. The summed E-state index contributed by atoms with van der Waals surface area (Å²) in [4.78, 5) is 26.0. The summed E-state index contributed by atoms with van der Waals surface area (Å²) >= 11 is 1.81. The average molecular weight is 716 g/mol. The summed E-state index contributed by atoms with van der Waals surface area (Å²) in [5.74, 6) is 3.54. The molecule has 4 heterocycles. The molecule has 5 nitrogen and oxygen atoms in total. The molecular weight excluding hydrogens is 679 g/mol. The Hall–Kier alpha value is -5.59. The number of fused-ring (bicyclic) bond motifs is 7. The first-order valence-corrected chi connectivity index (χ1v) is 20.3. The van der Waals surface area contributed by atoms with Gasteiger partial charge in [-0.05, 0) is 90.8 Å². The average Bonchev–Trinajstić information content (AvgIpc) is 3.83. The Labute approximate surface area is 318 Å². The standard InChI is InChI=1S/C48H37N5S/c1-2-11-30(12-3-1)44-51-45(53-46(52-44)35-16-7-19-40-41(35)34-15-4-5-18-39(34)54-40)32-14-6-13-31(27-32)38-21-20-37-43(50-38)42-36(17-9-25-49-42)48(37)33-22-24-47(48)23-8-10-29(26-33)28-47/h1-7,9,11-21,25,27,29,33H,8,10,22-24,26,28H2. The van der Waals surface area contributed by atoms with E-state index in [2.05, 4.69) is 103 Å². The van der Waals surface area contributed by atoms with Crippen LogP contribution in [0.15, 0.2) is 128 Å². The summed E-state index contributed by atoms with van der Waals surface area (Å²) < 4.78 is 2.48. The highest BCUT2D eigenvalue weighted by atomic mass is 32.1. The van der Waals surface area contributed by atoms with E-state index in [0.29, 0.717) is 28.8 Å². The van der Waals surface area contributed by atoms with Gasteiger partial charge in [0.2, 0.25) is 0 Å². The molecule has 3 bridgehead atoms. The van der Waals surface area contributed by atoms with Crippen LogP contribution in [-0.2, 0) is 5.41 Å². The molecule has 4 unspecified atom stereocenters. The minimum absolute atomic E-state index is 0.0436. The van der Waals surface area contributed by atoms with Crippen molar-refractivity contribution in [3.63, 3.8) is 0 Å². The van der Waals surface area contributed by atoms with Gasteiger partial charge in [0.05, 0.1) is 17.1 Å². The summed E-state index contributed by atoms with van der Waals surface area (Å²) in [6, 6.07) is 43.1. The van der Waals surface area contributed by atoms with Crippen molar-refractivity contribution in [2.24, 2.45) is 17.3 Å². The molecule has 0 aliphatic heterocycles. The minimum Gasteiger partial charge on any atom is -0.254 e. The van der Waals surface area contributed by atoms with E-state index in [0.717, 1.165) is 45.3 Å². The number of nitrogens with zero attached hydrogens (tertiary/aromatic N) is 5. The second kappa shape index (κ2) is 11.5. The number of rotatable bonds is 4. The van der Waals surface area contributed by atoms with Crippen LogP contribution in [0.5, 0.6) is 0 Å². The van der Waals surface area contributed by atoms with E-state index in [1.807, 2.05) is 35.7 Å². The highest BCUT2D eigenvalue weighted by Crippen LogP contribution is 2.74. The SMILES string of the molecule is c1ccc(-c2nc(-c3cccc(-c4ccc5c(n4)-c4ncccc4C54C5CCC46CCCC(C5)C6)c3)nc(-c3cccc4sc5ccccc5c34)n2)cc1. The van der Waals surface area contributed by atoms with E-state index in [1.165, 1.54) is 76.2 Å². The molecule has 54 heavy (non-hydrogen) atoms. The molecular formula is C48H37N5S. The summed E-state index contributed by atoms with van der Waals surface area (Å²) in [6.07, 6.45) is 11.4. The molecule has 3 saturated carbocycles.